The van der Waals surface area contributed by atoms with Gasteiger partial charge in [-0.05, 0) is 57.8 Å². The molecule has 4 N–H and O–H groups in total. The van der Waals surface area contributed by atoms with E-state index in [2.05, 4.69) is 43.5 Å². The monoisotopic (exact) mass is 802 g/mol. The Bertz CT molecular complexity index is 885. The van der Waals surface area contributed by atoms with Gasteiger partial charge in [-0.25, -0.2) is 0 Å². The number of nitrogens with one attached hydrogen (secondary N) is 1. The Labute approximate surface area is 355 Å². The summed E-state index contributed by atoms with van der Waals surface area (Å²) in [5.41, 5.74) is 0. The van der Waals surface area contributed by atoms with E-state index in [1.54, 1.807) is 6.08 Å². The fourth-order valence-corrected chi connectivity index (χ4v) is 7.76. The van der Waals surface area contributed by atoms with Crippen molar-refractivity contribution in [3.05, 3.63) is 36.5 Å². The minimum atomic E-state index is -0.950. The van der Waals surface area contributed by atoms with Crippen LogP contribution in [-0.4, -0.2) is 46.1 Å². The van der Waals surface area contributed by atoms with Crippen LogP contribution < -0.4 is 5.32 Å². The highest BCUT2D eigenvalue weighted by Crippen LogP contribution is 2.16. The molecule has 1 amide bonds. The molecule has 0 aromatic rings. The molecule has 5 nitrogen and oxygen atoms in total. The second-order valence-electron chi connectivity index (χ2n) is 17.4. The number of hydrogen-bond acceptors (Lipinski definition) is 4. The molecule has 0 aromatic carbocycles. The van der Waals surface area contributed by atoms with Gasteiger partial charge in [-0.2, -0.15) is 0 Å². The smallest absolute Gasteiger partial charge is 0.222 e. The average molecular weight is 802 g/mol. The molecule has 0 saturated carbocycles. The molecule has 0 aliphatic carbocycles. The van der Waals surface area contributed by atoms with E-state index in [1.165, 1.54) is 205 Å². The second-order valence-corrected chi connectivity index (χ2v) is 17.4. The Morgan fingerprint density at radius 3 is 1.12 bits per heavy atom. The molecule has 0 aliphatic rings. The highest BCUT2D eigenvalue weighted by molar-refractivity contribution is 5.76. The topological polar surface area (TPSA) is 89.8 Å². The maximum absolute atomic E-state index is 12.4. The fraction of sp³-hybridized carbons (Fsp3) is 0.865. The summed E-state index contributed by atoms with van der Waals surface area (Å²) in [6, 6.07) is -0.759. The van der Waals surface area contributed by atoms with Crippen molar-refractivity contribution in [1.29, 1.82) is 0 Å². The highest BCUT2D eigenvalue weighted by atomic mass is 16.3. The summed E-state index contributed by atoms with van der Waals surface area (Å²) < 4.78 is 0. The first-order chi connectivity index (χ1) is 28.0. The first-order valence-electron chi connectivity index (χ1n) is 25.3. The van der Waals surface area contributed by atoms with Gasteiger partial charge in [-0.1, -0.05) is 237 Å². The van der Waals surface area contributed by atoms with Crippen molar-refractivity contribution in [2.75, 3.05) is 6.61 Å². The van der Waals surface area contributed by atoms with Crippen molar-refractivity contribution in [2.24, 2.45) is 0 Å². The molecular weight excluding hydrogens is 703 g/mol. The van der Waals surface area contributed by atoms with Crippen LogP contribution in [0.25, 0.3) is 0 Å². The molecular formula is C52H99NO4. The van der Waals surface area contributed by atoms with E-state index in [0.717, 1.165) is 32.1 Å². The van der Waals surface area contributed by atoms with Crippen LogP contribution in [0.5, 0.6) is 0 Å². The van der Waals surface area contributed by atoms with E-state index < -0.39 is 18.2 Å². The van der Waals surface area contributed by atoms with Crippen LogP contribution in [-0.2, 0) is 4.79 Å². The Morgan fingerprint density at radius 2 is 0.754 bits per heavy atom. The van der Waals surface area contributed by atoms with E-state index >= 15 is 0 Å². The lowest BCUT2D eigenvalue weighted by Gasteiger charge is -2.21. The summed E-state index contributed by atoms with van der Waals surface area (Å²) in [6.45, 7) is 4.19. The van der Waals surface area contributed by atoms with Crippen LogP contribution >= 0.6 is 0 Å². The number of amides is 1. The van der Waals surface area contributed by atoms with Crippen LogP contribution in [0.15, 0.2) is 36.5 Å². The summed E-state index contributed by atoms with van der Waals surface area (Å²) in [6.07, 6.45) is 60.4. The number of carbonyl (C=O) groups excluding carboxylic acids is 1. The van der Waals surface area contributed by atoms with E-state index in [4.69, 9.17) is 0 Å². The third kappa shape index (κ3) is 44.0. The number of hydrogen-bond donors (Lipinski definition) is 4. The summed E-state index contributed by atoms with van der Waals surface area (Å²) in [7, 11) is 0. The Morgan fingerprint density at radius 1 is 0.439 bits per heavy atom. The molecule has 3 unspecified atom stereocenters. The van der Waals surface area contributed by atoms with E-state index in [0.29, 0.717) is 6.42 Å². The van der Waals surface area contributed by atoms with Gasteiger partial charge in [0.05, 0.1) is 31.3 Å². The van der Waals surface area contributed by atoms with Crippen molar-refractivity contribution in [3.8, 4) is 0 Å². The van der Waals surface area contributed by atoms with Gasteiger partial charge >= 0.3 is 0 Å². The summed E-state index contributed by atoms with van der Waals surface area (Å²) in [4.78, 5) is 12.4. The third-order valence-corrected chi connectivity index (χ3v) is 11.6. The van der Waals surface area contributed by atoms with Crippen molar-refractivity contribution >= 4 is 5.91 Å². The van der Waals surface area contributed by atoms with E-state index in [1.807, 2.05) is 6.08 Å². The average Bonchev–Trinajstić information content (AvgIpc) is 3.20. The molecule has 5 heteroatoms. The van der Waals surface area contributed by atoms with Gasteiger partial charge in [0.25, 0.3) is 0 Å². The first kappa shape index (κ1) is 55.6. The lowest BCUT2D eigenvalue weighted by Crippen LogP contribution is -2.45. The van der Waals surface area contributed by atoms with Crippen LogP contribution in [0.1, 0.15) is 264 Å². The van der Waals surface area contributed by atoms with Gasteiger partial charge in [0.2, 0.25) is 5.91 Å². The molecule has 57 heavy (non-hydrogen) atoms. The minimum absolute atomic E-state index is 0.00718. The summed E-state index contributed by atoms with van der Waals surface area (Å²) in [5, 5.41) is 33.2. The number of carbonyl (C=O) groups is 1. The Kier molecular flexibility index (Phi) is 46.1. The van der Waals surface area contributed by atoms with Gasteiger partial charge in [-0.3, -0.25) is 4.79 Å². The summed E-state index contributed by atoms with van der Waals surface area (Å²) >= 11 is 0. The molecule has 0 radical (unpaired) electrons. The SMILES string of the molecule is CCCCCCCC/C=C/CC/C=C/C(O)C(CO)NC(=O)CC(O)CCCCCCCCCCCCCCCC/C=C\CCCCCCCCCCCCCC. The molecule has 336 valence electrons. The third-order valence-electron chi connectivity index (χ3n) is 11.6. The maximum atomic E-state index is 12.4. The van der Waals surface area contributed by atoms with Crippen LogP contribution in [0, 0.1) is 0 Å². The molecule has 0 spiro atoms. The fourth-order valence-electron chi connectivity index (χ4n) is 7.76. The minimum Gasteiger partial charge on any atom is -0.394 e. The van der Waals surface area contributed by atoms with Crippen molar-refractivity contribution < 1.29 is 20.1 Å². The lowest BCUT2D eigenvalue weighted by molar-refractivity contribution is -0.124. The van der Waals surface area contributed by atoms with Gasteiger partial charge in [-0.15, -0.1) is 0 Å². The van der Waals surface area contributed by atoms with Crippen molar-refractivity contribution in [3.63, 3.8) is 0 Å². The molecule has 0 rings (SSSR count). The normalized spacial score (nSPS) is 13.7. The van der Waals surface area contributed by atoms with Crippen LogP contribution in [0.4, 0.5) is 0 Å². The Balaban J connectivity index is 3.53. The number of unbranched alkanes of at least 4 members (excludes halogenated alkanes) is 33. The first-order valence-corrected chi connectivity index (χ1v) is 25.3. The number of rotatable bonds is 46. The standard InChI is InChI=1S/C52H99NO4/c1-3-5-7-9-11-13-15-17-18-19-20-21-22-23-24-25-26-27-28-29-30-31-32-33-34-35-37-39-41-43-45-49(55)47-52(57)53-50(48-54)51(56)46-44-42-40-38-36-16-14-12-10-8-6-4-2/h23-24,36,38,44,46,49-51,54-56H,3-22,25-35,37,39-43,45,47-48H2,1-2H3,(H,53,57)/b24-23-,38-36+,46-44+. The zero-order valence-corrected chi connectivity index (χ0v) is 38.2. The zero-order valence-electron chi connectivity index (χ0n) is 38.2. The lowest BCUT2D eigenvalue weighted by atomic mass is 10.0. The maximum Gasteiger partial charge on any atom is 0.222 e. The zero-order chi connectivity index (χ0) is 41.5. The molecule has 0 saturated heterocycles. The number of allylic oxidation sites excluding steroid dienone is 5. The molecule has 0 bridgehead atoms. The predicted molar refractivity (Wildman–Crippen MR) is 250 cm³/mol. The number of aliphatic hydroxyl groups is 3. The molecule has 0 aliphatic heterocycles. The van der Waals surface area contributed by atoms with Crippen molar-refractivity contribution in [1.82, 2.24) is 5.32 Å². The molecule has 0 fully saturated rings. The van der Waals surface area contributed by atoms with Crippen molar-refractivity contribution in [2.45, 2.75) is 283 Å². The molecule has 3 atom stereocenters. The van der Waals surface area contributed by atoms with Crippen LogP contribution in [0.3, 0.4) is 0 Å². The second kappa shape index (κ2) is 47.3. The van der Waals surface area contributed by atoms with E-state index in [9.17, 15) is 20.1 Å². The van der Waals surface area contributed by atoms with E-state index in [-0.39, 0.29) is 18.9 Å². The Hall–Kier alpha value is -1.43. The summed E-state index contributed by atoms with van der Waals surface area (Å²) in [5.74, 6) is -0.324. The predicted octanol–water partition coefficient (Wildman–Crippen LogP) is 15.1. The largest absolute Gasteiger partial charge is 0.394 e. The highest BCUT2D eigenvalue weighted by Gasteiger charge is 2.20. The van der Waals surface area contributed by atoms with Crippen LogP contribution in [0.2, 0.25) is 0 Å². The quantitative estimate of drug-likeness (QED) is 0.0365. The molecule has 0 aromatic heterocycles. The number of aliphatic hydroxyl groups excluding tert-OH is 3. The van der Waals surface area contributed by atoms with Gasteiger partial charge in [0, 0.05) is 0 Å². The molecule has 0 heterocycles. The van der Waals surface area contributed by atoms with Gasteiger partial charge < -0.3 is 20.6 Å². The van der Waals surface area contributed by atoms with Gasteiger partial charge in [0.1, 0.15) is 0 Å². The van der Waals surface area contributed by atoms with Gasteiger partial charge in [0.15, 0.2) is 0 Å².